The van der Waals surface area contributed by atoms with Crippen molar-refractivity contribution in [2.75, 3.05) is 30.3 Å². The number of fused-ring (bicyclic) bond motifs is 3. The van der Waals surface area contributed by atoms with E-state index >= 15 is 0 Å². The average Bonchev–Trinajstić information content (AvgIpc) is 2.78. The minimum atomic E-state index is 0.682. The Bertz CT molecular complexity index is 743. The molecule has 5 rings (SSSR count). The van der Waals surface area contributed by atoms with E-state index in [1.165, 1.54) is 47.7 Å². The Morgan fingerprint density at radius 3 is 2.96 bits per heavy atom. The molecule has 3 aliphatic rings. The minimum absolute atomic E-state index is 0.682. The molecule has 24 heavy (non-hydrogen) atoms. The van der Waals surface area contributed by atoms with Crippen LogP contribution in [0.2, 0.25) is 0 Å². The molecular weight excluding hydrogens is 312 g/mol. The molecule has 0 bridgehead atoms. The first-order chi connectivity index (χ1) is 11.9. The number of anilines is 1. The van der Waals surface area contributed by atoms with Crippen molar-refractivity contribution in [3.8, 4) is 0 Å². The third kappa shape index (κ3) is 2.46. The van der Waals surface area contributed by atoms with Gasteiger partial charge in [0.2, 0.25) is 0 Å². The van der Waals surface area contributed by atoms with Gasteiger partial charge < -0.3 is 10.2 Å². The lowest BCUT2D eigenvalue weighted by Crippen LogP contribution is -2.44. The average molecular weight is 337 g/mol. The first kappa shape index (κ1) is 14.9. The van der Waals surface area contributed by atoms with Crippen LogP contribution >= 0.6 is 11.8 Å². The van der Waals surface area contributed by atoms with E-state index in [0.717, 1.165) is 19.0 Å². The second-order valence-corrected chi connectivity index (χ2v) is 8.39. The predicted molar refractivity (Wildman–Crippen MR) is 102 cm³/mol. The van der Waals surface area contributed by atoms with Gasteiger partial charge >= 0.3 is 0 Å². The summed E-state index contributed by atoms with van der Waals surface area (Å²) in [6.45, 7) is 3.56. The Balaban J connectivity index is 1.58. The molecule has 0 saturated carbocycles. The molecule has 0 radical (unpaired) electrons. The fourth-order valence-electron chi connectivity index (χ4n) is 4.72. The number of hydrogen-bond donors (Lipinski definition) is 1. The topological polar surface area (TPSA) is 15.3 Å². The van der Waals surface area contributed by atoms with Gasteiger partial charge in [0.1, 0.15) is 0 Å². The van der Waals surface area contributed by atoms with Crippen molar-refractivity contribution in [1.29, 1.82) is 0 Å². The zero-order valence-corrected chi connectivity index (χ0v) is 14.8. The van der Waals surface area contributed by atoms with E-state index in [-0.39, 0.29) is 0 Å². The van der Waals surface area contributed by atoms with Crippen molar-refractivity contribution in [2.24, 2.45) is 0 Å². The molecule has 2 aromatic rings. The molecule has 1 fully saturated rings. The summed E-state index contributed by atoms with van der Waals surface area (Å²) in [5, 5.41) is 3.63. The molecular formula is C21H24N2S. The van der Waals surface area contributed by atoms with E-state index in [2.05, 4.69) is 64.4 Å². The van der Waals surface area contributed by atoms with Crippen LogP contribution in [0, 0.1) is 0 Å². The van der Waals surface area contributed by atoms with Crippen LogP contribution in [0.25, 0.3) is 0 Å². The van der Waals surface area contributed by atoms with E-state index in [9.17, 15) is 0 Å². The zero-order valence-electron chi connectivity index (χ0n) is 14.0. The monoisotopic (exact) mass is 336 g/mol. The lowest BCUT2D eigenvalue weighted by molar-refractivity contribution is 0.403. The van der Waals surface area contributed by atoms with E-state index in [1.54, 1.807) is 11.3 Å². The van der Waals surface area contributed by atoms with Gasteiger partial charge in [-0.05, 0) is 54.3 Å². The fourth-order valence-corrected chi connectivity index (χ4v) is 5.82. The molecule has 2 nitrogen and oxygen atoms in total. The van der Waals surface area contributed by atoms with Gasteiger partial charge in [-0.2, -0.15) is 0 Å². The van der Waals surface area contributed by atoms with Crippen molar-refractivity contribution in [1.82, 2.24) is 5.32 Å². The molecule has 0 unspecified atom stereocenters. The number of benzene rings is 2. The molecule has 3 heterocycles. The first-order valence-corrected chi connectivity index (χ1v) is 10.2. The van der Waals surface area contributed by atoms with Crippen molar-refractivity contribution >= 4 is 17.4 Å². The van der Waals surface area contributed by atoms with Gasteiger partial charge in [-0.3, -0.25) is 0 Å². The van der Waals surface area contributed by atoms with E-state index in [1.807, 2.05) is 0 Å². The summed E-state index contributed by atoms with van der Waals surface area (Å²) in [5.74, 6) is 1.94. The highest BCUT2D eigenvalue weighted by Crippen LogP contribution is 2.50. The third-order valence-corrected chi connectivity index (χ3v) is 6.86. The third-order valence-electron chi connectivity index (χ3n) is 5.75. The maximum absolute atomic E-state index is 3.63. The highest BCUT2D eigenvalue weighted by Gasteiger charge is 2.41. The smallest absolute Gasteiger partial charge is 0.0544 e. The lowest BCUT2D eigenvalue weighted by atomic mass is 9.89. The van der Waals surface area contributed by atoms with Gasteiger partial charge in [-0.25, -0.2) is 0 Å². The van der Waals surface area contributed by atoms with Crippen LogP contribution in [-0.4, -0.2) is 31.4 Å². The maximum atomic E-state index is 3.63. The number of rotatable bonds is 2. The first-order valence-electron chi connectivity index (χ1n) is 9.21. The quantitative estimate of drug-likeness (QED) is 0.891. The van der Waals surface area contributed by atoms with Gasteiger partial charge in [0.25, 0.3) is 0 Å². The summed E-state index contributed by atoms with van der Waals surface area (Å²) >= 11 is 2.08. The molecule has 124 valence electrons. The van der Waals surface area contributed by atoms with Crippen LogP contribution < -0.4 is 10.2 Å². The number of nitrogens with zero attached hydrogens (tertiary/aromatic N) is 1. The Labute approximate surface area is 148 Å². The SMILES string of the molecule is c1ccc(Cc2cc3c4c(c2)[C@@H]2CNCC[C@@H]2N4CCCS3)cc1. The Morgan fingerprint density at radius 2 is 2.04 bits per heavy atom. The molecule has 0 spiro atoms. The van der Waals surface area contributed by atoms with Crippen LogP contribution in [-0.2, 0) is 6.42 Å². The number of thioether (sulfide) groups is 1. The Hall–Kier alpha value is -1.45. The second kappa shape index (κ2) is 6.12. The van der Waals surface area contributed by atoms with Crippen molar-refractivity contribution < 1.29 is 0 Å². The van der Waals surface area contributed by atoms with Crippen LogP contribution in [0.5, 0.6) is 0 Å². The zero-order chi connectivity index (χ0) is 15.9. The van der Waals surface area contributed by atoms with E-state index < -0.39 is 0 Å². The molecule has 2 atom stereocenters. The Kier molecular flexibility index (Phi) is 3.79. The highest BCUT2D eigenvalue weighted by molar-refractivity contribution is 7.99. The lowest BCUT2D eigenvalue weighted by Gasteiger charge is -2.33. The molecule has 0 amide bonds. The van der Waals surface area contributed by atoms with Crippen molar-refractivity contribution in [3.63, 3.8) is 0 Å². The fraction of sp³-hybridized carbons (Fsp3) is 0.429. The largest absolute Gasteiger partial charge is 0.367 e. The number of hydrogen-bond acceptors (Lipinski definition) is 3. The highest BCUT2D eigenvalue weighted by atomic mass is 32.2. The predicted octanol–water partition coefficient (Wildman–Crippen LogP) is 4.04. The van der Waals surface area contributed by atoms with Crippen LogP contribution in [0.15, 0.2) is 47.4 Å². The van der Waals surface area contributed by atoms with Crippen LogP contribution in [0.3, 0.4) is 0 Å². The molecule has 0 aromatic heterocycles. The summed E-state index contributed by atoms with van der Waals surface area (Å²) in [5.41, 5.74) is 6.09. The van der Waals surface area contributed by atoms with Crippen LogP contribution in [0.1, 0.15) is 35.4 Å². The summed E-state index contributed by atoms with van der Waals surface area (Å²) < 4.78 is 0. The normalized spacial score (nSPS) is 25.1. The maximum Gasteiger partial charge on any atom is 0.0544 e. The number of nitrogens with one attached hydrogen (secondary N) is 1. The summed E-state index contributed by atoms with van der Waals surface area (Å²) in [6, 6.07) is 16.6. The minimum Gasteiger partial charge on any atom is -0.367 e. The molecule has 2 aromatic carbocycles. The van der Waals surface area contributed by atoms with E-state index in [4.69, 9.17) is 0 Å². The summed E-state index contributed by atoms with van der Waals surface area (Å²) in [6.07, 6.45) is 3.65. The van der Waals surface area contributed by atoms with E-state index in [0.29, 0.717) is 5.92 Å². The van der Waals surface area contributed by atoms with Gasteiger partial charge in [0.05, 0.1) is 5.69 Å². The van der Waals surface area contributed by atoms with Crippen molar-refractivity contribution in [3.05, 3.63) is 59.2 Å². The Morgan fingerprint density at radius 1 is 1.12 bits per heavy atom. The van der Waals surface area contributed by atoms with Crippen molar-refractivity contribution in [2.45, 2.75) is 36.1 Å². The van der Waals surface area contributed by atoms with Crippen LogP contribution in [0.4, 0.5) is 5.69 Å². The summed E-state index contributed by atoms with van der Waals surface area (Å²) in [7, 11) is 0. The van der Waals surface area contributed by atoms with Gasteiger partial charge in [-0.15, -0.1) is 11.8 Å². The van der Waals surface area contributed by atoms with Gasteiger partial charge in [-0.1, -0.05) is 36.4 Å². The second-order valence-electron chi connectivity index (χ2n) is 7.26. The molecule has 3 heteroatoms. The number of piperidine rings is 1. The molecule has 1 N–H and O–H groups in total. The standard InChI is InChI=1S/C21H24N2S/c1-2-5-15(6-3-1)11-16-12-17-18-14-22-8-7-19(18)23-9-4-10-24-20(13-16)21(17)23/h1-3,5-6,12-13,18-19,22H,4,7-11,14H2/t18-,19-/m0/s1. The van der Waals surface area contributed by atoms with Gasteiger partial charge in [0, 0.05) is 29.9 Å². The molecule has 1 saturated heterocycles. The summed E-state index contributed by atoms with van der Waals surface area (Å²) in [4.78, 5) is 4.29. The molecule has 3 aliphatic heterocycles. The van der Waals surface area contributed by atoms with Gasteiger partial charge in [0.15, 0.2) is 0 Å². The molecule has 0 aliphatic carbocycles.